The summed E-state index contributed by atoms with van der Waals surface area (Å²) in [4.78, 5) is 4.26. The Bertz CT molecular complexity index is 508. The number of benzene rings is 1. The minimum atomic E-state index is 0.775. The molecule has 0 radical (unpaired) electrons. The van der Waals surface area contributed by atoms with Crippen LogP contribution < -0.4 is 5.32 Å². The zero-order valence-electron chi connectivity index (χ0n) is 9.45. The first-order valence-electron chi connectivity index (χ1n) is 5.27. The Labute approximate surface area is 118 Å². The molecule has 90 valence electrons. The third kappa shape index (κ3) is 3.40. The molecule has 0 fully saturated rings. The molecule has 3 nitrogen and oxygen atoms in total. The number of hydrogen-bond donors (Lipinski definition) is 1. The van der Waals surface area contributed by atoms with E-state index in [2.05, 4.69) is 54.3 Å². The maximum atomic E-state index is 4.26. The van der Waals surface area contributed by atoms with E-state index in [9.17, 15) is 0 Å². The highest BCUT2D eigenvalue weighted by molar-refractivity contribution is 9.13. The molecule has 0 saturated heterocycles. The van der Waals surface area contributed by atoms with E-state index in [1.807, 2.05) is 30.1 Å². The maximum absolute atomic E-state index is 4.26. The third-order valence-corrected chi connectivity index (χ3v) is 4.40. The molecule has 2 rings (SSSR count). The van der Waals surface area contributed by atoms with E-state index in [4.69, 9.17) is 0 Å². The molecular formula is C12H13Br2N3. The highest BCUT2D eigenvalue weighted by atomic mass is 79.9. The van der Waals surface area contributed by atoms with Gasteiger partial charge in [0, 0.05) is 34.9 Å². The van der Waals surface area contributed by atoms with Crippen LogP contribution in [0.3, 0.4) is 0 Å². The Morgan fingerprint density at radius 3 is 2.71 bits per heavy atom. The van der Waals surface area contributed by atoms with Gasteiger partial charge >= 0.3 is 0 Å². The molecule has 1 heterocycles. The maximum Gasteiger partial charge on any atom is 0.122 e. The molecule has 1 aromatic heterocycles. The summed E-state index contributed by atoms with van der Waals surface area (Å²) in [6, 6.07) is 6.25. The van der Waals surface area contributed by atoms with Crippen LogP contribution in [0, 0.1) is 0 Å². The molecule has 0 amide bonds. The number of hydrogen-bond acceptors (Lipinski definition) is 2. The van der Waals surface area contributed by atoms with Crippen LogP contribution in [0.1, 0.15) is 11.4 Å². The first kappa shape index (κ1) is 12.8. The lowest BCUT2D eigenvalue weighted by Gasteiger charge is -2.06. The second-order valence-corrected chi connectivity index (χ2v) is 5.52. The molecule has 0 spiro atoms. The Hall–Kier alpha value is -0.650. The molecule has 2 aromatic rings. The number of rotatable bonds is 4. The summed E-state index contributed by atoms with van der Waals surface area (Å²) < 4.78 is 4.17. The quantitative estimate of drug-likeness (QED) is 0.909. The van der Waals surface area contributed by atoms with Crippen molar-refractivity contribution in [1.82, 2.24) is 14.9 Å². The van der Waals surface area contributed by atoms with E-state index in [1.54, 1.807) is 0 Å². The summed E-state index contributed by atoms with van der Waals surface area (Å²) in [6.07, 6.45) is 3.76. The molecule has 0 bridgehead atoms. The molecule has 0 saturated carbocycles. The summed E-state index contributed by atoms with van der Waals surface area (Å²) in [7, 11) is 2.00. The van der Waals surface area contributed by atoms with Crippen molar-refractivity contribution >= 4 is 31.9 Å². The van der Waals surface area contributed by atoms with Gasteiger partial charge < -0.3 is 9.88 Å². The standard InChI is InChI=1S/C12H13Br2N3/c1-17-5-4-16-12(17)8-15-7-9-2-3-10(13)11(14)6-9/h2-6,15H,7-8H2,1H3. The van der Waals surface area contributed by atoms with Crippen molar-refractivity contribution in [2.75, 3.05) is 0 Å². The molecule has 1 aromatic carbocycles. The van der Waals surface area contributed by atoms with E-state index < -0.39 is 0 Å². The molecular weight excluding hydrogens is 346 g/mol. The first-order chi connectivity index (χ1) is 8.16. The largest absolute Gasteiger partial charge is 0.337 e. The Kier molecular flexibility index (Phi) is 4.36. The van der Waals surface area contributed by atoms with Crippen LogP contribution in [0.25, 0.3) is 0 Å². The molecule has 1 N–H and O–H groups in total. The summed E-state index contributed by atoms with van der Waals surface area (Å²) >= 11 is 6.96. The third-order valence-electron chi connectivity index (χ3n) is 2.52. The summed E-state index contributed by atoms with van der Waals surface area (Å²) in [5.41, 5.74) is 1.24. The fourth-order valence-electron chi connectivity index (χ4n) is 1.54. The summed E-state index contributed by atoms with van der Waals surface area (Å²) in [5, 5.41) is 3.37. The minimum Gasteiger partial charge on any atom is -0.337 e. The Morgan fingerprint density at radius 2 is 2.06 bits per heavy atom. The van der Waals surface area contributed by atoms with Crippen molar-refractivity contribution in [1.29, 1.82) is 0 Å². The van der Waals surface area contributed by atoms with E-state index in [0.29, 0.717) is 0 Å². The SMILES string of the molecule is Cn1ccnc1CNCc1ccc(Br)c(Br)c1. The van der Waals surface area contributed by atoms with Gasteiger partial charge in [-0.1, -0.05) is 6.07 Å². The lowest BCUT2D eigenvalue weighted by atomic mass is 10.2. The van der Waals surface area contributed by atoms with Crippen LogP contribution in [0.2, 0.25) is 0 Å². The van der Waals surface area contributed by atoms with Gasteiger partial charge in [-0.05, 0) is 49.6 Å². The van der Waals surface area contributed by atoms with Gasteiger partial charge in [0.05, 0.1) is 6.54 Å². The van der Waals surface area contributed by atoms with Crippen molar-refractivity contribution in [3.8, 4) is 0 Å². The fourth-order valence-corrected chi connectivity index (χ4v) is 2.21. The van der Waals surface area contributed by atoms with Crippen LogP contribution in [-0.2, 0) is 20.1 Å². The van der Waals surface area contributed by atoms with Crippen molar-refractivity contribution < 1.29 is 0 Å². The average molecular weight is 359 g/mol. The van der Waals surface area contributed by atoms with Gasteiger partial charge in [-0.2, -0.15) is 0 Å². The topological polar surface area (TPSA) is 29.9 Å². The predicted octanol–water partition coefficient (Wildman–Crippen LogP) is 3.23. The number of halogens is 2. The van der Waals surface area contributed by atoms with Gasteiger partial charge in [0.1, 0.15) is 5.82 Å². The molecule has 0 aliphatic heterocycles. The number of aryl methyl sites for hydroxylation is 1. The molecule has 5 heteroatoms. The van der Waals surface area contributed by atoms with Gasteiger partial charge in [0.15, 0.2) is 0 Å². The van der Waals surface area contributed by atoms with Crippen molar-refractivity contribution in [2.24, 2.45) is 7.05 Å². The number of nitrogens with one attached hydrogen (secondary N) is 1. The molecule has 17 heavy (non-hydrogen) atoms. The lowest BCUT2D eigenvalue weighted by Crippen LogP contribution is -2.15. The van der Waals surface area contributed by atoms with Crippen LogP contribution in [0.5, 0.6) is 0 Å². The normalized spacial score (nSPS) is 10.8. The smallest absolute Gasteiger partial charge is 0.122 e. The van der Waals surface area contributed by atoms with Crippen molar-refractivity contribution in [2.45, 2.75) is 13.1 Å². The zero-order chi connectivity index (χ0) is 12.3. The zero-order valence-corrected chi connectivity index (χ0v) is 12.6. The van der Waals surface area contributed by atoms with E-state index in [-0.39, 0.29) is 0 Å². The Balaban J connectivity index is 1.90. The average Bonchev–Trinajstić information content (AvgIpc) is 2.70. The van der Waals surface area contributed by atoms with Gasteiger partial charge in [0.2, 0.25) is 0 Å². The van der Waals surface area contributed by atoms with E-state index in [0.717, 1.165) is 27.9 Å². The first-order valence-corrected chi connectivity index (χ1v) is 6.86. The predicted molar refractivity (Wildman–Crippen MR) is 75.6 cm³/mol. The van der Waals surface area contributed by atoms with Crippen molar-refractivity contribution in [3.05, 3.63) is 50.9 Å². The van der Waals surface area contributed by atoms with Gasteiger partial charge in [0.25, 0.3) is 0 Å². The molecule has 0 aliphatic rings. The van der Waals surface area contributed by atoms with Crippen LogP contribution in [0.15, 0.2) is 39.5 Å². The highest BCUT2D eigenvalue weighted by Crippen LogP contribution is 2.23. The Morgan fingerprint density at radius 1 is 1.24 bits per heavy atom. The monoisotopic (exact) mass is 357 g/mol. The lowest BCUT2D eigenvalue weighted by molar-refractivity contribution is 0.639. The van der Waals surface area contributed by atoms with Crippen molar-refractivity contribution in [3.63, 3.8) is 0 Å². The summed E-state index contributed by atoms with van der Waals surface area (Å²) in [5.74, 6) is 1.04. The van der Waals surface area contributed by atoms with Gasteiger partial charge in [-0.15, -0.1) is 0 Å². The second-order valence-electron chi connectivity index (χ2n) is 3.81. The van der Waals surface area contributed by atoms with E-state index >= 15 is 0 Å². The number of aromatic nitrogens is 2. The second kappa shape index (κ2) is 5.80. The minimum absolute atomic E-state index is 0.775. The molecule has 0 unspecified atom stereocenters. The van der Waals surface area contributed by atoms with Crippen LogP contribution >= 0.6 is 31.9 Å². The molecule has 0 atom stereocenters. The summed E-state index contributed by atoms with van der Waals surface area (Å²) in [6.45, 7) is 1.61. The van der Waals surface area contributed by atoms with Crippen LogP contribution in [-0.4, -0.2) is 9.55 Å². The highest BCUT2D eigenvalue weighted by Gasteiger charge is 2.00. The van der Waals surface area contributed by atoms with Crippen LogP contribution in [0.4, 0.5) is 0 Å². The van der Waals surface area contributed by atoms with Gasteiger partial charge in [-0.3, -0.25) is 0 Å². The van der Waals surface area contributed by atoms with E-state index in [1.165, 1.54) is 5.56 Å². The van der Waals surface area contributed by atoms with Gasteiger partial charge in [-0.25, -0.2) is 4.98 Å². The number of nitrogens with zero attached hydrogens (tertiary/aromatic N) is 2. The molecule has 0 aliphatic carbocycles. The number of imidazole rings is 1. The fraction of sp³-hybridized carbons (Fsp3) is 0.250.